The number of aromatic nitrogens is 2. The van der Waals surface area contributed by atoms with Crippen LogP contribution in [0, 0.1) is 26.6 Å². The number of anilines is 1. The summed E-state index contributed by atoms with van der Waals surface area (Å²) in [5.74, 6) is -0.123. The van der Waals surface area contributed by atoms with Crippen molar-refractivity contribution in [3.8, 4) is 0 Å². The molecule has 0 radical (unpaired) electrons. The van der Waals surface area contributed by atoms with Gasteiger partial charge in [0, 0.05) is 23.1 Å². The average molecular weight is 373 g/mol. The average Bonchev–Trinajstić information content (AvgIpc) is 3.16. The van der Waals surface area contributed by atoms with Crippen LogP contribution >= 0.6 is 11.3 Å². The van der Waals surface area contributed by atoms with E-state index < -0.39 is 0 Å². The van der Waals surface area contributed by atoms with Crippen LogP contribution in [0.2, 0.25) is 0 Å². The molecule has 7 heteroatoms. The monoisotopic (exact) mass is 373 g/mol. The van der Waals surface area contributed by atoms with E-state index in [0.717, 1.165) is 16.0 Å². The summed E-state index contributed by atoms with van der Waals surface area (Å²) >= 11 is 1.38. The van der Waals surface area contributed by atoms with Gasteiger partial charge in [0.25, 0.3) is 0 Å². The number of hydrogen-bond acceptors (Lipinski definition) is 5. The lowest BCUT2D eigenvalue weighted by molar-refractivity contribution is -0.117. The lowest BCUT2D eigenvalue weighted by Gasteiger charge is -2.10. The molecule has 1 aromatic carbocycles. The van der Waals surface area contributed by atoms with Crippen LogP contribution in [0.5, 0.6) is 0 Å². The van der Waals surface area contributed by atoms with Gasteiger partial charge in [-0.2, -0.15) is 0 Å². The molecule has 5 nitrogen and oxygen atoms in total. The molecule has 26 heavy (non-hydrogen) atoms. The number of hydrogen-bond donors (Lipinski definition) is 1. The summed E-state index contributed by atoms with van der Waals surface area (Å²) in [6, 6.07) is 5.20. The molecule has 3 aromatic rings. The Bertz CT molecular complexity index is 929. The van der Waals surface area contributed by atoms with Crippen molar-refractivity contribution in [3.05, 3.63) is 63.2 Å². The van der Waals surface area contributed by atoms with Crippen molar-refractivity contribution < 1.29 is 13.7 Å². The Balaban J connectivity index is 1.68. The molecular weight excluding hydrogens is 353 g/mol. The summed E-state index contributed by atoms with van der Waals surface area (Å²) in [7, 11) is 0. The largest absolute Gasteiger partial charge is 0.361 e. The van der Waals surface area contributed by atoms with Gasteiger partial charge < -0.3 is 9.84 Å². The van der Waals surface area contributed by atoms with Crippen molar-refractivity contribution in [3.63, 3.8) is 0 Å². The maximum Gasteiger partial charge on any atom is 0.233 e. The fourth-order valence-corrected chi connectivity index (χ4v) is 3.70. The van der Waals surface area contributed by atoms with E-state index in [1.54, 1.807) is 26.1 Å². The molecule has 1 amide bonds. The van der Waals surface area contributed by atoms with E-state index in [4.69, 9.17) is 4.52 Å². The third-order valence-electron chi connectivity index (χ3n) is 4.31. The second-order valence-corrected chi connectivity index (χ2v) is 7.46. The van der Waals surface area contributed by atoms with Crippen molar-refractivity contribution in [2.24, 2.45) is 0 Å². The van der Waals surface area contributed by atoms with Crippen LogP contribution in [0.3, 0.4) is 0 Å². The first-order valence-corrected chi connectivity index (χ1v) is 9.10. The predicted octanol–water partition coefficient (Wildman–Crippen LogP) is 4.53. The molecule has 0 aliphatic rings. The number of carbonyl (C=O) groups excluding carboxylic acids is 1. The summed E-state index contributed by atoms with van der Waals surface area (Å²) in [5.41, 5.74) is 3.01. The van der Waals surface area contributed by atoms with Crippen LogP contribution in [0.4, 0.5) is 9.52 Å². The number of thiazole rings is 1. The topological polar surface area (TPSA) is 68.0 Å². The second kappa shape index (κ2) is 7.37. The van der Waals surface area contributed by atoms with Crippen LogP contribution < -0.4 is 5.32 Å². The van der Waals surface area contributed by atoms with Gasteiger partial charge >= 0.3 is 0 Å². The molecular formula is C19H20FN3O2S. The molecule has 0 aliphatic carbocycles. The highest BCUT2D eigenvalue weighted by Gasteiger charge is 2.23. The predicted molar refractivity (Wildman–Crippen MR) is 99.1 cm³/mol. The first-order valence-electron chi connectivity index (χ1n) is 8.28. The Morgan fingerprint density at radius 1 is 1.35 bits per heavy atom. The summed E-state index contributed by atoms with van der Waals surface area (Å²) in [6.07, 6.45) is 2.28. The number of benzene rings is 1. The summed E-state index contributed by atoms with van der Waals surface area (Å²) < 4.78 is 18.8. The van der Waals surface area contributed by atoms with Crippen LogP contribution in [0.25, 0.3) is 0 Å². The van der Waals surface area contributed by atoms with Crippen molar-refractivity contribution in [1.82, 2.24) is 10.1 Å². The van der Waals surface area contributed by atoms with Gasteiger partial charge in [-0.1, -0.05) is 17.3 Å². The second-order valence-electron chi connectivity index (χ2n) is 6.34. The zero-order valence-corrected chi connectivity index (χ0v) is 15.9. The van der Waals surface area contributed by atoms with Gasteiger partial charge in [0.15, 0.2) is 5.13 Å². The molecule has 136 valence electrons. The summed E-state index contributed by atoms with van der Waals surface area (Å²) in [4.78, 5) is 17.7. The van der Waals surface area contributed by atoms with E-state index in [1.807, 2.05) is 19.9 Å². The highest BCUT2D eigenvalue weighted by molar-refractivity contribution is 7.15. The molecule has 0 aliphatic heterocycles. The molecule has 0 saturated heterocycles. The van der Waals surface area contributed by atoms with Gasteiger partial charge in [0.1, 0.15) is 11.6 Å². The fourth-order valence-electron chi connectivity index (χ4n) is 2.85. The number of nitrogens with one attached hydrogen (secondary N) is 1. The Kier molecular flexibility index (Phi) is 5.18. The Hall–Kier alpha value is -2.54. The zero-order chi connectivity index (χ0) is 18.8. The Labute approximate surface area is 155 Å². The van der Waals surface area contributed by atoms with Gasteiger partial charge in [-0.05, 0) is 44.9 Å². The first-order chi connectivity index (χ1) is 12.3. The molecule has 0 spiro atoms. The minimum Gasteiger partial charge on any atom is -0.361 e. The third kappa shape index (κ3) is 3.83. The molecule has 2 heterocycles. The lowest BCUT2D eigenvalue weighted by atomic mass is 9.99. The fraction of sp³-hybridized carbons (Fsp3) is 0.316. The van der Waals surface area contributed by atoms with Gasteiger partial charge in [-0.25, -0.2) is 9.37 Å². The number of amides is 1. The molecule has 3 rings (SSSR count). The molecule has 0 bridgehead atoms. The standard InChI is InChI=1S/C19H20FN3O2S/c1-10-5-6-14(8-16(10)20)7-15-9-21-19(26-15)22-18(24)11(2)17-12(3)23-25-13(17)4/h5-6,8-9,11H,7H2,1-4H3,(H,21,22,24). The quantitative estimate of drug-likeness (QED) is 0.713. The molecule has 1 N–H and O–H groups in total. The van der Waals surface area contributed by atoms with Crippen molar-refractivity contribution >= 4 is 22.4 Å². The van der Waals surface area contributed by atoms with E-state index in [2.05, 4.69) is 15.5 Å². The maximum atomic E-state index is 13.7. The SMILES string of the molecule is Cc1ccc(Cc2cnc(NC(=O)C(C)c3c(C)noc3C)s2)cc1F. The van der Waals surface area contributed by atoms with Gasteiger partial charge in [-0.3, -0.25) is 4.79 Å². The smallest absolute Gasteiger partial charge is 0.233 e. The summed E-state index contributed by atoms with van der Waals surface area (Å²) in [6.45, 7) is 7.16. The maximum absolute atomic E-state index is 13.7. The summed E-state index contributed by atoms with van der Waals surface area (Å²) in [5, 5.41) is 7.25. The number of rotatable bonds is 5. The van der Waals surface area contributed by atoms with Crippen molar-refractivity contribution in [2.75, 3.05) is 5.32 Å². The first kappa shape index (κ1) is 18.3. The number of carbonyl (C=O) groups is 1. The van der Waals surface area contributed by atoms with Crippen molar-refractivity contribution in [2.45, 2.75) is 40.0 Å². The van der Waals surface area contributed by atoms with E-state index in [1.165, 1.54) is 17.4 Å². The van der Waals surface area contributed by atoms with Gasteiger partial charge in [-0.15, -0.1) is 11.3 Å². The lowest BCUT2D eigenvalue weighted by Crippen LogP contribution is -2.19. The minimum atomic E-state index is -0.389. The van der Waals surface area contributed by atoms with Crippen molar-refractivity contribution in [1.29, 1.82) is 0 Å². The van der Waals surface area contributed by atoms with Gasteiger partial charge in [0.2, 0.25) is 5.91 Å². The van der Waals surface area contributed by atoms with E-state index in [-0.39, 0.29) is 17.6 Å². The molecule has 1 atom stereocenters. The Morgan fingerprint density at radius 2 is 2.12 bits per heavy atom. The third-order valence-corrected chi connectivity index (χ3v) is 5.23. The van der Waals surface area contributed by atoms with Crippen LogP contribution in [-0.2, 0) is 11.2 Å². The highest BCUT2D eigenvalue weighted by Crippen LogP contribution is 2.26. The number of aryl methyl sites for hydroxylation is 3. The molecule has 0 saturated carbocycles. The molecule has 1 unspecified atom stereocenters. The van der Waals surface area contributed by atoms with Gasteiger partial charge in [0.05, 0.1) is 11.6 Å². The van der Waals surface area contributed by atoms with E-state index in [9.17, 15) is 9.18 Å². The van der Waals surface area contributed by atoms with Crippen LogP contribution in [0.15, 0.2) is 28.9 Å². The minimum absolute atomic E-state index is 0.165. The normalized spacial score (nSPS) is 12.2. The van der Waals surface area contributed by atoms with Crippen LogP contribution in [-0.4, -0.2) is 16.0 Å². The molecule has 2 aromatic heterocycles. The highest BCUT2D eigenvalue weighted by atomic mass is 32.1. The van der Waals surface area contributed by atoms with E-state index >= 15 is 0 Å². The number of nitrogens with zero attached hydrogens (tertiary/aromatic N) is 2. The number of halogens is 1. The molecule has 0 fully saturated rings. The zero-order valence-electron chi connectivity index (χ0n) is 15.1. The van der Waals surface area contributed by atoms with E-state index in [0.29, 0.717) is 28.6 Å². The Morgan fingerprint density at radius 3 is 2.77 bits per heavy atom. The van der Waals surface area contributed by atoms with Crippen LogP contribution in [0.1, 0.15) is 45.9 Å².